The Bertz CT molecular complexity index is 375. The van der Waals surface area contributed by atoms with E-state index >= 15 is 0 Å². The Morgan fingerprint density at radius 2 is 2.07 bits per heavy atom. The first-order chi connectivity index (χ1) is 7.31. The van der Waals surface area contributed by atoms with Gasteiger partial charge in [-0.3, -0.25) is 4.79 Å². The predicted molar refractivity (Wildman–Crippen MR) is 60.2 cm³/mol. The zero-order chi connectivity index (χ0) is 10.4. The van der Waals surface area contributed by atoms with Crippen LogP contribution in [0.4, 0.5) is 0 Å². The summed E-state index contributed by atoms with van der Waals surface area (Å²) in [7, 11) is 0. The van der Waals surface area contributed by atoms with Crippen molar-refractivity contribution in [2.45, 2.75) is 19.3 Å². The van der Waals surface area contributed by atoms with Gasteiger partial charge in [-0.25, -0.2) is 0 Å². The van der Waals surface area contributed by atoms with Gasteiger partial charge in [0, 0.05) is 5.92 Å². The van der Waals surface area contributed by atoms with Crippen LogP contribution in [0.25, 0.3) is 0 Å². The monoisotopic (exact) mass is 200 g/mol. The molecule has 0 aliphatic heterocycles. The third-order valence-electron chi connectivity index (χ3n) is 4.18. The molecule has 1 heteroatoms. The first-order valence-corrected chi connectivity index (χ1v) is 5.85. The van der Waals surface area contributed by atoms with Gasteiger partial charge in [-0.15, -0.1) is 6.58 Å². The molecule has 0 heterocycles. The number of hydrogen-bond donors (Lipinski definition) is 0. The molecule has 0 aromatic rings. The van der Waals surface area contributed by atoms with Crippen LogP contribution in [0.3, 0.4) is 0 Å². The van der Waals surface area contributed by atoms with E-state index in [1.54, 1.807) is 0 Å². The average molecular weight is 200 g/mol. The van der Waals surface area contributed by atoms with Crippen molar-refractivity contribution in [3.8, 4) is 0 Å². The summed E-state index contributed by atoms with van der Waals surface area (Å²) in [6.45, 7) is 3.75. The summed E-state index contributed by atoms with van der Waals surface area (Å²) in [6, 6.07) is 0. The molecule has 1 saturated carbocycles. The van der Waals surface area contributed by atoms with E-state index in [2.05, 4.69) is 18.7 Å². The lowest BCUT2D eigenvalue weighted by Crippen LogP contribution is -2.21. The predicted octanol–water partition coefficient (Wildman–Crippen LogP) is 2.90. The van der Waals surface area contributed by atoms with Crippen LogP contribution in [-0.4, -0.2) is 5.78 Å². The number of carbonyl (C=O) groups excluding carboxylic acids is 1. The molecule has 1 fully saturated rings. The molecule has 3 aliphatic rings. The van der Waals surface area contributed by atoms with Gasteiger partial charge in [-0.1, -0.05) is 23.8 Å². The van der Waals surface area contributed by atoms with Crippen LogP contribution in [0.5, 0.6) is 0 Å². The highest BCUT2D eigenvalue weighted by atomic mass is 16.1. The molecule has 0 aromatic carbocycles. The molecule has 2 unspecified atom stereocenters. The summed E-state index contributed by atoms with van der Waals surface area (Å²) in [4.78, 5) is 11.9. The second kappa shape index (κ2) is 3.19. The molecule has 3 aliphatic carbocycles. The van der Waals surface area contributed by atoms with Gasteiger partial charge in [-0.05, 0) is 43.1 Å². The Morgan fingerprint density at radius 3 is 2.80 bits per heavy atom. The van der Waals surface area contributed by atoms with Crippen LogP contribution in [0.2, 0.25) is 0 Å². The van der Waals surface area contributed by atoms with Crippen molar-refractivity contribution in [2.75, 3.05) is 0 Å². The molecule has 2 bridgehead atoms. The van der Waals surface area contributed by atoms with E-state index in [9.17, 15) is 4.79 Å². The summed E-state index contributed by atoms with van der Waals surface area (Å²) in [5.41, 5.74) is 1.39. The van der Waals surface area contributed by atoms with Crippen molar-refractivity contribution in [2.24, 2.45) is 23.7 Å². The molecular formula is C14H16O. The smallest absolute Gasteiger partial charge is 0.159 e. The zero-order valence-electron chi connectivity index (χ0n) is 8.86. The van der Waals surface area contributed by atoms with Crippen molar-refractivity contribution in [1.82, 2.24) is 0 Å². The number of carbonyl (C=O) groups is 1. The molecule has 15 heavy (non-hydrogen) atoms. The summed E-state index contributed by atoms with van der Waals surface area (Å²) >= 11 is 0. The molecule has 0 amide bonds. The van der Waals surface area contributed by atoms with Gasteiger partial charge in [0.1, 0.15) is 0 Å². The van der Waals surface area contributed by atoms with E-state index < -0.39 is 0 Å². The van der Waals surface area contributed by atoms with Crippen LogP contribution in [0, 0.1) is 23.7 Å². The fraction of sp³-hybridized carbons (Fsp3) is 0.500. The minimum absolute atomic E-state index is 0.305. The van der Waals surface area contributed by atoms with Crippen molar-refractivity contribution >= 4 is 5.78 Å². The number of hydrogen-bond acceptors (Lipinski definition) is 1. The van der Waals surface area contributed by atoms with Crippen molar-refractivity contribution in [1.29, 1.82) is 0 Å². The molecule has 0 spiro atoms. The number of rotatable bonds is 3. The Kier molecular flexibility index (Phi) is 1.95. The van der Waals surface area contributed by atoms with Crippen molar-refractivity contribution < 1.29 is 4.79 Å². The van der Waals surface area contributed by atoms with E-state index in [1.165, 1.54) is 12.0 Å². The topological polar surface area (TPSA) is 17.1 Å². The SMILES string of the molecule is C=CCCC1=CC(=O)[C@H]2C3C=CC(C3)[C@@H]12. The average Bonchev–Trinajstić information content (AvgIpc) is 2.88. The third-order valence-corrected chi connectivity index (χ3v) is 4.18. The summed E-state index contributed by atoms with van der Waals surface area (Å²) in [5, 5.41) is 0. The highest BCUT2D eigenvalue weighted by Gasteiger charge is 2.51. The van der Waals surface area contributed by atoms with E-state index in [1.807, 2.05) is 12.2 Å². The van der Waals surface area contributed by atoms with Gasteiger partial charge in [-0.2, -0.15) is 0 Å². The fourth-order valence-electron chi connectivity index (χ4n) is 3.60. The minimum atomic E-state index is 0.305. The zero-order valence-corrected chi connectivity index (χ0v) is 8.86. The Hall–Kier alpha value is -1.11. The summed E-state index contributed by atoms with van der Waals surface area (Å²) in [5.74, 6) is 2.44. The maximum absolute atomic E-state index is 11.9. The molecule has 0 saturated heterocycles. The quantitative estimate of drug-likeness (QED) is 0.640. The second-order valence-electron chi connectivity index (χ2n) is 4.95. The maximum atomic E-state index is 11.9. The number of fused-ring (bicyclic) bond motifs is 5. The third kappa shape index (κ3) is 1.19. The first-order valence-electron chi connectivity index (χ1n) is 5.85. The highest BCUT2D eigenvalue weighted by Crippen LogP contribution is 2.54. The van der Waals surface area contributed by atoms with Gasteiger partial charge in [0.05, 0.1) is 0 Å². The van der Waals surface area contributed by atoms with E-state index in [4.69, 9.17) is 0 Å². The molecule has 78 valence electrons. The van der Waals surface area contributed by atoms with Gasteiger partial charge in [0.2, 0.25) is 0 Å². The molecule has 0 N–H and O–H groups in total. The van der Waals surface area contributed by atoms with Crippen LogP contribution >= 0.6 is 0 Å². The molecule has 0 aromatic heterocycles. The van der Waals surface area contributed by atoms with Crippen molar-refractivity contribution in [3.63, 3.8) is 0 Å². The Balaban J connectivity index is 1.86. The van der Waals surface area contributed by atoms with Gasteiger partial charge in [0.15, 0.2) is 5.78 Å². The lowest BCUT2D eigenvalue weighted by Gasteiger charge is -2.22. The van der Waals surface area contributed by atoms with Gasteiger partial charge < -0.3 is 0 Å². The standard InChI is InChI=1S/C14H16O/c1-2-3-4-9-8-12(15)14-11-6-5-10(7-11)13(9)14/h2,5-6,8,10-11,13-14H,1,3-4,7H2/t10?,11?,13-,14-/m1/s1. The maximum Gasteiger partial charge on any atom is 0.159 e. The van der Waals surface area contributed by atoms with Gasteiger partial charge in [0.25, 0.3) is 0 Å². The number of ketones is 1. The minimum Gasteiger partial charge on any atom is -0.295 e. The summed E-state index contributed by atoms with van der Waals surface area (Å²) in [6.07, 6.45) is 11.7. The Morgan fingerprint density at radius 1 is 1.33 bits per heavy atom. The van der Waals surface area contributed by atoms with Crippen LogP contribution < -0.4 is 0 Å². The lowest BCUT2D eigenvalue weighted by molar-refractivity contribution is -0.118. The molecule has 4 atom stereocenters. The lowest BCUT2D eigenvalue weighted by atomic mass is 9.81. The number of allylic oxidation sites excluding steroid dienone is 5. The largest absolute Gasteiger partial charge is 0.295 e. The molecule has 1 nitrogen and oxygen atoms in total. The fourth-order valence-corrected chi connectivity index (χ4v) is 3.60. The van der Waals surface area contributed by atoms with Crippen LogP contribution in [-0.2, 0) is 4.79 Å². The molecular weight excluding hydrogens is 184 g/mol. The van der Waals surface area contributed by atoms with E-state index in [0.29, 0.717) is 29.5 Å². The second-order valence-corrected chi connectivity index (χ2v) is 4.95. The molecule has 3 rings (SSSR count). The van der Waals surface area contributed by atoms with E-state index in [0.717, 1.165) is 12.8 Å². The Labute approximate surface area is 90.6 Å². The first kappa shape index (κ1) is 9.14. The van der Waals surface area contributed by atoms with Crippen molar-refractivity contribution in [3.05, 3.63) is 36.5 Å². The summed E-state index contributed by atoms with van der Waals surface area (Å²) < 4.78 is 0. The normalized spacial score (nSPS) is 40.8. The van der Waals surface area contributed by atoms with Crippen LogP contribution in [0.15, 0.2) is 36.5 Å². The highest BCUT2D eigenvalue weighted by molar-refractivity contribution is 5.96. The van der Waals surface area contributed by atoms with E-state index in [-0.39, 0.29) is 0 Å². The van der Waals surface area contributed by atoms with Gasteiger partial charge >= 0.3 is 0 Å². The molecule has 0 radical (unpaired) electrons. The van der Waals surface area contributed by atoms with Crippen LogP contribution in [0.1, 0.15) is 19.3 Å².